The zero-order chi connectivity index (χ0) is 22.1. The summed E-state index contributed by atoms with van der Waals surface area (Å²) >= 11 is 0. The molecule has 0 fully saturated rings. The lowest BCUT2D eigenvalue weighted by molar-refractivity contribution is 0.0983. The summed E-state index contributed by atoms with van der Waals surface area (Å²) in [6.45, 7) is 2.98. The third kappa shape index (κ3) is 3.67. The largest absolute Gasteiger partial charge is 0.329 e. The zero-order valence-electron chi connectivity index (χ0n) is 17.7. The smallest absolute Gasteiger partial charge is 0.258 e. The highest BCUT2D eigenvalue weighted by Gasteiger charge is 2.25. The van der Waals surface area contributed by atoms with Gasteiger partial charge in [-0.15, -0.1) is 0 Å². The van der Waals surface area contributed by atoms with E-state index in [1.165, 1.54) is 0 Å². The highest BCUT2D eigenvalue weighted by Crippen LogP contribution is 2.28. The minimum Gasteiger partial charge on any atom is -0.329 e. The molecule has 0 aliphatic carbocycles. The lowest BCUT2D eigenvalue weighted by atomic mass is 10.1. The van der Waals surface area contributed by atoms with Crippen LogP contribution < -0.4 is 10.2 Å². The van der Waals surface area contributed by atoms with Crippen molar-refractivity contribution in [2.45, 2.75) is 20.0 Å². The third-order valence-electron chi connectivity index (χ3n) is 5.75. The minimum absolute atomic E-state index is 0.106. The molecule has 1 N–H and O–H groups in total. The number of nitrogens with one attached hydrogen (secondary N) is 1. The van der Waals surface area contributed by atoms with E-state index in [2.05, 4.69) is 14.9 Å². The Morgan fingerprint density at radius 2 is 1.66 bits per heavy atom. The van der Waals surface area contributed by atoms with Gasteiger partial charge < -0.3 is 14.8 Å². The second-order valence-corrected chi connectivity index (χ2v) is 7.84. The first-order chi connectivity index (χ1) is 15.6. The maximum atomic E-state index is 13.4. The van der Waals surface area contributed by atoms with Gasteiger partial charge in [0.15, 0.2) is 0 Å². The van der Waals surface area contributed by atoms with Crippen molar-refractivity contribution in [2.75, 3.05) is 10.2 Å². The fourth-order valence-corrected chi connectivity index (χ4v) is 4.01. The van der Waals surface area contributed by atoms with Crippen LogP contribution in [0.3, 0.4) is 0 Å². The van der Waals surface area contributed by atoms with Crippen LogP contribution in [0.1, 0.15) is 37.7 Å². The molecule has 2 amide bonds. The predicted molar refractivity (Wildman–Crippen MR) is 124 cm³/mol. The number of fused-ring (bicyclic) bond motifs is 2. The van der Waals surface area contributed by atoms with E-state index in [1.807, 2.05) is 55.6 Å². The molecule has 6 nitrogen and oxygen atoms in total. The van der Waals surface area contributed by atoms with Crippen LogP contribution in [0.2, 0.25) is 0 Å². The van der Waals surface area contributed by atoms with Gasteiger partial charge in [-0.25, -0.2) is 4.98 Å². The second-order valence-electron chi connectivity index (χ2n) is 7.84. The molecule has 0 saturated heterocycles. The van der Waals surface area contributed by atoms with Crippen molar-refractivity contribution in [3.8, 4) is 0 Å². The number of anilines is 2. The Hall–Kier alpha value is -4.19. The summed E-state index contributed by atoms with van der Waals surface area (Å²) in [5, 5.41) is 2.90. The van der Waals surface area contributed by atoms with Crippen LogP contribution in [-0.4, -0.2) is 21.4 Å². The monoisotopic (exact) mass is 422 g/mol. The van der Waals surface area contributed by atoms with Gasteiger partial charge in [0.2, 0.25) is 0 Å². The molecule has 158 valence electrons. The number of carbonyl (C=O) groups is 2. The molecule has 5 rings (SSSR count). The van der Waals surface area contributed by atoms with Gasteiger partial charge in [-0.3, -0.25) is 9.59 Å². The number of carbonyl (C=O) groups excluding carboxylic acids is 2. The molecule has 1 aliphatic rings. The van der Waals surface area contributed by atoms with E-state index in [0.717, 1.165) is 22.6 Å². The lowest BCUT2D eigenvalue weighted by Crippen LogP contribution is -2.30. The fraction of sp³-hybridized carbons (Fsp3) is 0.115. The number of benzene rings is 3. The first kappa shape index (κ1) is 19.8. The zero-order valence-corrected chi connectivity index (χ0v) is 17.7. The van der Waals surface area contributed by atoms with E-state index in [0.29, 0.717) is 29.9 Å². The highest BCUT2D eigenvalue weighted by atomic mass is 16.2. The van der Waals surface area contributed by atoms with E-state index >= 15 is 0 Å². The van der Waals surface area contributed by atoms with Crippen molar-refractivity contribution in [1.82, 2.24) is 9.55 Å². The number of aromatic nitrogens is 2. The molecule has 0 bridgehead atoms. The number of hydrogen-bond donors (Lipinski definition) is 1. The van der Waals surface area contributed by atoms with Crippen molar-refractivity contribution >= 4 is 23.2 Å². The van der Waals surface area contributed by atoms with Crippen molar-refractivity contribution in [1.29, 1.82) is 0 Å². The average molecular weight is 422 g/mol. The van der Waals surface area contributed by atoms with Crippen LogP contribution in [0.4, 0.5) is 11.4 Å². The average Bonchev–Trinajstić information content (AvgIpc) is 3.18. The van der Waals surface area contributed by atoms with Gasteiger partial charge in [-0.1, -0.05) is 36.4 Å². The van der Waals surface area contributed by atoms with Crippen molar-refractivity contribution in [3.63, 3.8) is 0 Å². The van der Waals surface area contributed by atoms with Gasteiger partial charge in [0.25, 0.3) is 11.8 Å². The Morgan fingerprint density at radius 3 is 2.47 bits per heavy atom. The van der Waals surface area contributed by atoms with E-state index in [1.54, 1.807) is 41.4 Å². The Labute approximate surface area is 186 Å². The summed E-state index contributed by atoms with van der Waals surface area (Å²) in [5.41, 5.74) is 4.69. The normalized spacial score (nSPS) is 12.5. The van der Waals surface area contributed by atoms with Crippen LogP contribution in [0.25, 0.3) is 0 Å². The summed E-state index contributed by atoms with van der Waals surface area (Å²) in [6.07, 6.45) is 3.70. The number of nitrogens with zero attached hydrogens (tertiary/aromatic N) is 3. The Balaban J connectivity index is 1.39. The van der Waals surface area contributed by atoms with Crippen LogP contribution in [0.5, 0.6) is 0 Å². The van der Waals surface area contributed by atoms with E-state index in [4.69, 9.17) is 0 Å². The summed E-state index contributed by atoms with van der Waals surface area (Å²) in [4.78, 5) is 32.2. The molecule has 2 heterocycles. The summed E-state index contributed by atoms with van der Waals surface area (Å²) < 4.78 is 2.07. The molecule has 3 aromatic carbocycles. The number of imidazole rings is 1. The van der Waals surface area contributed by atoms with Gasteiger partial charge in [-0.05, 0) is 54.4 Å². The minimum atomic E-state index is -0.171. The molecule has 0 unspecified atom stereocenters. The van der Waals surface area contributed by atoms with Gasteiger partial charge in [0.05, 0.1) is 13.1 Å². The van der Waals surface area contributed by atoms with Gasteiger partial charge in [-0.2, -0.15) is 0 Å². The molecular weight excluding hydrogens is 400 g/mol. The van der Waals surface area contributed by atoms with Crippen molar-refractivity contribution in [3.05, 3.63) is 113 Å². The van der Waals surface area contributed by atoms with Crippen molar-refractivity contribution < 1.29 is 9.59 Å². The number of hydrogen-bond acceptors (Lipinski definition) is 3. The van der Waals surface area contributed by atoms with Crippen molar-refractivity contribution in [2.24, 2.45) is 0 Å². The highest BCUT2D eigenvalue weighted by molar-refractivity contribution is 6.08. The topological polar surface area (TPSA) is 67.2 Å². The molecule has 0 spiro atoms. The van der Waals surface area contributed by atoms with Gasteiger partial charge >= 0.3 is 0 Å². The Bertz CT molecular complexity index is 1310. The molecule has 0 radical (unpaired) electrons. The molecule has 0 saturated carbocycles. The fourth-order valence-electron chi connectivity index (χ4n) is 4.01. The maximum Gasteiger partial charge on any atom is 0.258 e. The molecule has 4 aromatic rings. The molecular formula is C26H22N4O2. The summed E-state index contributed by atoms with van der Waals surface area (Å²) in [6, 6.07) is 22.4. The number of aryl methyl sites for hydroxylation is 1. The number of para-hydroxylation sites is 1. The first-order valence-corrected chi connectivity index (χ1v) is 10.5. The maximum absolute atomic E-state index is 13.4. The molecule has 32 heavy (non-hydrogen) atoms. The lowest BCUT2D eigenvalue weighted by Gasteiger charge is -2.22. The van der Waals surface area contributed by atoms with E-state index in [9.17, 15) is 9.59 Å². The molecule has 1 aliphatic heterocycles. The third-order valence-corrected chi connectivity index (χ3v) is 5.75. The predicted octanol–water partition coefficient (Wildman–Crippen LogP) is 4.65. The molecule has 1 aromatic heterocycles. The number of amides is 2. The standard InChI is InChI=1S/C26H22N4O2/c1-18-6-2-4-8-22(18)25(31)28-21-12-10-19(11-13-21)26(32)30-17-24-27-14-15-29(24)16-20-7-3-5-9-23(20)30/h2-15H,16-17H2,1H3,(H,28,31). The van der Waals surface area contributed by atoms with E-state index < -0.39 is 0 Å². The SMILES string of the molecule is Cc1ccccc1C(=O)Nc1ccc(C(=O)N2Cc3nccn3Cc3ccccc32)cc1. The second kappa shape index (κ2) is 8.15. The quantitative estimate of drug-likeness (QED) is 0.522. The Kier molecular flexibility index (Phi) is 5.03. The Morgan fingerprint density at radius 1 is 0.906 bits per heavy atom. The van der Waals surface area contributed by atoms with E-state index in [-0.39, 0.29) is 11.8 Å². The van der Waals surface area contributed by atoms with Crippen LogP contribution in [0.15, 0.2) is 85.2 Å². The van der Waals surface area contributed by atoms with Crippen LogP contribution in [0, 0.1) is 6.92 Å². The number of rotatable bonds is 3. The summed E-state index contributed by atoms with van der Waals surface area (Å²) in [5.74, 6) is 0.567. The first-order valence-electron chi connectivity index (χ1n) is 10.5. The molecule has 0 atom stereocenters. The van der Waals surface area contributed by atoms with Gasteiger partial charge in [0.1, 0.15) is 5.82 Å². The summed E-state index contributed by atoms with van der Waals surface area (Å²) in [7, 11) is 0. The van der Waals surface area contributed by atoms with Gasteiger partial charge in [0, 0.05) is 34.9 Å². The van der Waals surface area contributed by atoms with Crippen LogP contribution >= 0.6 is 0 Å². The van der Waals surface area contributed by atoms with Crippen LogP contribution in [-0.2, 0) is 13.1 Å². The molecule has 6 heteroatoms.